The van der Waals surface area contributed by atoms with Crippen LogP contribution in [0.15, 0.2) is 22.7 Å². The Morgan fingerprint density at radius 2 is 2.00 bits per heavy atom. The second-order valence-corrected chi connectivity index (χ2v) is 6.25. The summed E-state index contributed by atoms with van der Waals surface area (Å²) in [5.74, 6) is 0.440. The minimum Gasteiger partial charge on any atom is -0.387 e. The average Bonchev–Trinajstić information content (AvgIpc) is 2.25. The first-order chi connectivity index (χ1) is 8.65. The molecule has 0 radical (unpaired) electrons. The van der Waals surface area contributed by atoms with E-state index in [1.165, 1.54) is 23.9 Å². The second kappa shape index (κ2) is 6.37. The van der Waals surface area contributed by atoms with Gasteiger partial charge in [0.15, 0.2) is 0 Å². The third-order valence-corrected chi connectivity index (χ3v) is 3.81. The fourth-order valence-corrected chi connectivity index (χ4v) is 2.64. The molecule has 0 aliphatic heterocycles. The first-order valence-corrected chi connectivity index (χ1v) is 7.66. The minimum atomic E-state index is -4.42. The highest BCUT2D eigenvalue weighted by Gasteiger charge is 2.34. The molecule has 0 fully saturated rings. The van der Waals surface area contributed by atoms with Crippen LogP contribution in [0, 0.1) is 0 Å². The molecule has 1 aromatic carbocycles. The number of halogens is 4. The molecule has 0 saturated heterocycles. The molecule has 2 N–H and O–H groups in total. The molecule has 1 rings (SSSR count). The van der Waals surface area contributed by atoms with Crippen LogP contribution in [0.1, 0.15) is 12.5 Å². The monoisotopic (exact) mass is 357 g/mol. The number of rotatable bonds is 5. The van der Waals surface area contributed by atoms with Crippen molar-refractivity contribution in [1.29, 1.82) is 0 Å². The van der Waals surface area contributed by atoms with Crippen LogP contribution in [-0.4, -0.2) is 29.3 Å². The van der Waals surface area contributed by atoms with Gasteiger partial charge < -0.3 is 10.4 Å². The van der Waals surface area contributed by atoms with Gasteiger partial charge in [0.25, 0.3) is 0 Å². The first kappa shape index (κ1) is 16.7. The standard InChI is InChI=1S/C12H15BrF3NOS/c1-11(18,7-19-2)6-17-10-5-8(13)3-4-9(10)12(14,15)16/h3-5,17-18H,6-7H2,1-2H3. The molecule has 0 spiro atoms. The molecule has 1 atom stereocenters. The van der Waals surface area contributed by atoms with Gasteiger partial charge in [-0.1, -0.05) is 15.9 Å². The van der Waals surface area contributed by atoms with E-state index in [4.69, 9.17) is 0 Å². The SMILES string of the molecule is CSCC(C)(O)CNc1cc(Br)ccc1C(F)(F)F. The molecule has 2 nitrogen and oxygen atoms in total. The van der Waals surface area contributed by atoms with E-state index in [0.717, 1.165) is 6.07 Å². The predicted octanol–water partition coefficient (Wildman–Crippen LogP) is 3.99. The zero-order valence-corrected chi connectivity index (χ0v) is 12.9. The number of thioether (sulfide) groups is 1. The van der Waals surface area contributed by atoms with Crippen molar-refractivity contribution in [3.05, 3.63) is 28.2 Å². The van der Waals surface area contributed by atoms with Gasteiger partial charge in [-0.15, -0.1) is 0 Å². The Labute approximate surface area is 122 Å². The average molecular weight is 358 g/mol. The van der Waals surface area contributed by atoms with Crippen molar-refractivity contribution >= 4 is 33.4 Å². The largest absolute Gasteiger partial charge is 0.418 e. The molecule has 7 heteroatoms. The summed E-state index contributed by atoms with van der Waals surface area (Å²) in [5, 5.41) is 12.6. The fraction of sp³-hybridized carbons (Fsp3) is 0.500. The van der Waals surface area contributed by atoms with Crippen LogP contribution < -0.4 is 5.32 Å². The molecule has 0 aliphatic carbocycles. The zero-order valence-electron chi connectivity index (χ0n) is 10.5. The van der Waals surface area contributed by atoms with E-state index in [1.807, 2.05) is 6.26 Å². The Morgan fingerprint density at radius 3 is 2.53 bits per heavy atom. The van der Waals surface area contributed by atoms with Gasteiger partial charge in [-0.25, -0.2) is 0 Å². The number of aliphatic hydroxyl groups is 1. The Morgan fingerprint density at radius 1 is 1.37 bits per heavy atom. The summed E-state index contributed by atoms with van der Waals surface area (Å²) in [6, 6.07) is 3.71. The van der Waals surface area contributed by atoms with Crippen LogP contribution in [0.2, 0.25) is 0 Å². The summed E-state index contributed by atoms with van der Waals surface area (Å²) in [7, 11) is 0. The number of hydrogen-bond acceptors (Lipinski definition) is 3. The van der Waals surface area contributed by atoms with Crippen LogP contribution in [0.25, 0.3) is 0 Å². The van der Waals surface area contributed by atoms with Gasteiger partial charge >= 0.3 is 6.18 Å². The molecule has 0 aliphatic rings. The summed E-state index contributed by atoms with van der Waals surface area (Å²) in [6.45, 7) is 1.63. The second-order valence-electron chi connectivity index (χ2n) is 4.47. The maximum atomic E-state index is 12.8. The van der Waals surface area contributed by atoms with E-state index >= 15 is 0 Å². The zero-order chi connectivity index (χ0) is 14.7. The van der Waals surface area contributed by atoms with Crippen LogP contribution in [0.4, 0.5) is 18.9 Å². The van der Waals surface area contributed by atoms with Crippen molar-refractivity contribution < 1.29 is 18.3 Å². The maximum absolute atomic E-state index is 12.8. The summed E-state index contributed by atoms with van der Waals surface area (Å²) >= 11 is 4.58. The summed E-state index contributed by atoms with van der Waals surface area (Å²) in [4.78, 5) is 0. The van der Waals surface area contributed by atoms with Crippen molar-refractivity contribution in [2.45, 2.75) is 18.7 Å². The van der Waals surface area contributed by atoms with Gasteiger partial charge in [-0.3, -0.25) is 0 Å². The van der Waals surface area contributed by atoms with E-state index in [2.05, 4.69) is 21.2 Å². The maximum Gasteiger partial charge on any atom is 0.418 e. The summed E-state index contributed by atoms with van der Waals surface area (Å²) < 4.78 is 39.0. The van der Waals surface area contributed by atoms with Crippen molar-refractivity contribution in [2.24, 2.45) is 0 Å². The van der Waals surface area contributed by atoms with Crippen molar-refractivity contribution in [3.63, 3.8) is 0 Å². The first-order valence-electron chi connectivity index (χ1n) is 5.48. The lowest BCUT2D eigenvalue weighted by atomic mass is 10.1. The molecule has 19 heavy (non-hydrogen) atoms. The van der Waals surface area contributed by atoms with Crippen molar-refractivity contribution in [2.75, 3.05) is 23.9 Å². The molecule has 1 aromatic rings. The lowest BCUT2D eigenvalue weighted by Crippen LogP contribution is -2.36. The Bertz CT molecular complexity index is 437. The molecular formula is C12H15BrF3NOS. The van der Waals surface area contributed by atoms with Gasteiger partial charge in [-0.2, -0.15) is 24.9 Å². The molecule has 0 heterocycles. The molecule has 108 valence electrons. The summed E-state index contributed by atoms with van der Waals surface area (Å²) in [6.07, 6.45) is -2.59. The molecule has 0 amide bonds. The predicted molar refractivity (Wildman–Crippen MR) is 76.6 cm³/mol. The highest BCUT2D eigenvalue weighted by Crippen LogP contribution is 2.36. The smallest absolute Gasteiger partial charge is 0.387 e. The molecule has 0 saturated carbocycles. The van der Waals surface area contributed by atoms with Gasteiger partial charge in [-0.05, 0) is 31.4 Å². The number of benzene rings is 1. The van der Waals surface area contributed by atoms with Crippen LogP contribution in [0.3, 0.4) is 0 Å². The molecule has 0 aromatic heterocycles. The Kier molecular flexibility index (Phi) is 5.58. The highest BCUT2D eigenvalue weighted by atomic mass is 79.9. The Hall–Kier alpha value is -0.400. The van der Waals surface area contributed by atoms with E-state index in [-0.39, 0.29) is 12.2 Å². The van der Waals surface area contributed by atoms with E-state index < -0.39 is 17.3 Å². The number of alkyl halides is 3. The van der Waals surface area contributed by atoms with Crippen LogP contribution >= 0.6 is 27.7 Å². The number of anilines is 1. The molecule has 0 bridgehead atoms. The third-order valence-electron chi connectivity index (χ3n) is 2.40. The molecular weight excluding hydrogens is 343 g/mol. The number of hydrogen-bond donors (Lipinski definition) is 2. The van der Waals surface area contributed by atoms with Crippen molar-refractivity contribution in [3.8, 4) is 0 Å². The van der Waals surface area contributed by atoms with E-state index in [9.17, 15) is 18.3 Å². The van der Waals surface area contributed by atoms with Crippen LogP contribution in [0.5, 0.6) is 0 Å². The highest BCUT2D eigenvalue weighted by molar-refractivity contribution is 9.10. The lowest BCUT2D eigenvalue weighted by Gasteiger charge is -2.24. The van der Waals surface area contributed by atoms with E-state index in [1.54, 1.807) is 6.92 Å². The molecule has 1 unspecified atom stereocenters. The van der Waals surface area contributed by atoms with Crippen LogP contribution in [-0.2, 0) is 6.18 Å². The van der Waals surface area contributed by atoms with Crippen molar-refractivity contribution in [1.82, 2.24) is 0 Å². The van der Waals surface area contributed by atoms with Gasteiger partial charge in [0.2, 0.25) is 0 Å². The Balaban J connectivity index is 2.91. The third kappa shape index (κ3) is 5.24. The topological polar surface area (TPSA) is 32.3 Å². The van der Waals surface area contributed by atoms with Gasteiger partial charge in [0.05, 0.1) is 11.2 Å². The van der Waals surface area contributed by atoms with E-state index in [0.29, 0.717) is 10.2 Å². The van der Waals surface area contributed by atoms with Gasteiger partial charge in [0.1, 0.15) is 0 Å². The normalized spacial score (nSPS) is 15.1. The quantitative estimate of drug-likeness (QED) is 0.835. The minimum absolute atomic E-state index is 0.0387. The van der Waals surface area contributed by atoms with Gasteiger partial charge in [0, 0.05) is 22.5 Å². The fourth-order valence-electron chi connectivity index (χ4n) is 1.56. The summed E-state index contributed by atoms with van der Waals surface area (Å²) in [5.41, 5.74) is -1.84. The number of nitrogens with one attached hydrogen (secondary N) is 1. The lowest BCUT2D eigenvalue weighted by molar-refractivity contribution is -0.137.